The maximum Gasteiger partial charge on any atom is 0.0932 e. The quantitative estimate of drug-likeness (QED) is 0.195. The van der Waals surface area contributed by atoms with Gasteiger partial charge in [-0.15, -0.1) is 0 Å². The van der Waals surface area contributed by atoms with E-state index in [0.717, 1.165) is 0 Å². The molecule has 86 valence electrons. The summed E-state index contributed by atoms with van der Waals surface area (Å²) in [5.74, 6) is 0. The molecule has 0 saturated carbocycles. The highest BCUT2D eigenvalue weighted by atomic mass is 16.3. The van der Waals surface area contributed by atoms with E-state index < -0.39 is 5.54 Å². The van der Waals surface area contributed by atoms with E-state index in [4.69, 9.17) is 21.1 Å². The molecule has 0 amide bonds. The van der Waals surface area contributed by atoms with Crippen LogP contribution in [-0.2, 0) is 0 Å². The lowest BCUT2D eigenvalue weighted by Gasteiger charge is -2.29. The Labute approximate surface area is 83.3 Å². The van der Waals surface area contributed by atoms with Gasteiger partial charge in [-0.2, -0.15) is 0 Å². The average Bonchev–Trinajstić information content (AvgIpc) is 2.21. The molecular weight excluding hydrogens is 188 g/mol. The zero-order valence-corrected chi connectivity index (χ0v) is 8.16. The van der Waals surface area contributed by atoms with Crippen molar-refractivity contribution in [3.8, 4) is 0 Å². The minimum absolute atomic E-state index is 0.156. The zero-order valence-electron chi connectivity index (χ0n) is 8.16. The predicted molar refractivity (Wildman–Crippen MR) is 52.2 cm³/mol. The van der Waals surface area contributed by atoms with Crippen LogP contribution < -0.4 is 21.7 Å². The lowest BCUT2D eigenvalue weighted by molar-refractivity contribution is 0.201. The van der Waals surface area contributed by atoms with Gasteiger partial charge in [-0.3, -0.25) is 16.0 Å². The summed E-state index contributed by atoms with van der Waals surface area (Å²) in [5.41, 5.74) is 5.28. The molecular formula is C7H20N4O3. The Hall–Kier alpha value is -0.280. The summed E-state index contributed by atoms with van der Waals surface area (Å²) in [6.07, 6.45) is 0. The molecule has 0 fully saturated rings. The summed E-state index contributed by atoms with van der Waals surface area (Å²) in [5, 5.41) is 33.8. The second kappa shape index (κ2) is 8.06. The molecule has 0 aromatic carbocycles. The van der Waals surface area contributed by atoms with E-state index in [2.05, 4.69) is 16.0 Å². The Kier molecular flexibility index (Phi) is 7.90. The maximum atomic E-state index is 8.57. The fraction of sp³-hybridized carbons (Fsp3) is 1.00. The van der Waals surface area contributed by atoms with Crippen molar-refractivity contribution in [1.29, 1.82) is 0 Å². The molecule has 0 atom stereocenters. The summed E-state index contributed by atoms with van der Waals surface area (Å²) in [7, 11) is 0. The van der Waals surface area contributed by atoms with Gasteiger partial charge in [0, 0.05) is 19.6 Å². The molecule has 0 saturated heterocycles. The van der Waals surface area contributed by atoms with Crippen LogP contribution in [0.15, 0.2) is 0 Å². The molecule has 0 unspecified atom stereocenters. The van der Waals surface area contributed by atoms with Crippen molar-refractivity contribution in [2.24, 2.45) is 5.73 Å². The Balaban J connectivity index is 3.89. The minimum atomic E-state index is -0.659. The Morgan fingerprint density at radius 2 is 1.07 bits per heavy atom. The van der Waals surface area contributed by atoms with Crippen molar-refractivity contribution in [2.45, 2.75) is 5.54 Å². The van der Waals surface area contributed by atoms with E-state index in [-0.39, 0.29) is 20.2 Å². The number of aliphatic hydroxyl groups excluding tert-OH is 3. The Bertz CT molecular complexity index is 114. The number of aliphatic hydroxyl groups is 3. The van der Waals surface area contributed by atoms with E-state index in [1.165, 1.54) is 0 Å². The van der Waals surface area contributed by atoms with Crippen LogP contribution in [0.25, 0.3) is 0 Å². The van der Waals surface area contributed by atoms with Crippen LogP contribution in [0.2, 0.25) is 0 Å². The van der Waals surface area contributed by atoms with Crippen LogP contribution in [0.5, 0.6) is 0 Å². The van der Waals surface area contributed by atoms with E-state index in [9.17, 15) is 0 Å². The normalized spacial score (nSPS) is 12.0. The lowest BCUT2D eigenvalue weighted by atomic mass is 10.0. The molecule has 0 aliphatic heterocycles. The van der Waals surface area contributed by atoms with Gasteiger partial charge in [0.1, 0.15) is 0 Å². The van der Waals surface area contributed by atoms with Crippen LogP contribution in [0.4, 0.5) is 0 Å². The van der Waals surface area contributed by atoms with Crippen molar-refractivity contribution in [1.82, 2.24) is 16.0 Å². The van der Waals surface area contributed by atoms with Gasteiger partial charge >= 0.3 is 0 Å². The molecule has 8 N–H and O–H groups in total. The van der Waals surface area contributed by atoms with Crippen LogP contribution in [0.1, 0.15) is 0 Å². The molecule has 0 bridgehead atoms. The minimum Gasteiger partial charge on any atom is -0.381 e. The SMILES string of the molecule is NC(CNCO)(CNCO)CNCO. The molecule has 7 heteroatoms. The highest BCUT2D eigenvalue weighted by Gasteiger charge is 2.23. The van der Waals surface area contributed by atoms with E-state index in [0.29, 0.717) is 19.6 Å². The first-order chi connectivity index (χ1) is 6.68. The number of rotatable bonds is 9. The first-order valence-corrected chi connectivity index (χ1v) is 4.42. The van der Waals surface area contributed by atoms with Gasteiger partial charge in [-0.05, 0) is 0 Å². The number of nitrogens with one attached hydrogen (secondary N) is 3. The standard InChI is InChI=1S/C7H20N4O3/c8-7(1-9-4-12,2-10-5-13)3-11-6-14/h9-14H,1-6,8H2. The average molecular weight is 208 g/mol. The second-order valence-corrected chi connectivity index (χ2v) is 3.12. The number of nitrogens with two attached hydrogens (primary N) is 1. The molecule has 14 heavy (non-hydrogen) atoms. The van der Waals surface area contributed by atoms with Crippen molar-refractivity contribution in [3.05, 3.63) is 0 Å². The van der Waals surface area contributed by atoms with Gasteiger partial charge in [-0.1, -0.05) is 0 Å². The van der Waals surface area contributed by atoms with E-state index in [1.807, 2.05) is 0 Å². The van der Waals surface area contributed by atoms with Crippen LogP contribution >= 0.6 is 0 Å². The largest absolute Gasteiger partial charge is 0.381 e. The van der Waals surface area contributed by atoms with Crippen molar-refractivity contribution < 1.29 is 15.3 Å². The van der Waals surface area contributed by atoms with Crippen molar-refractivity contribution >= 4 is 0 Å². The predicted octanol–water partition coefficient (Wildman–Crippen LogP) is -3.70. The Morgan fingerprint density at radius 3 is 1.29 bits per heavy atom. The monoisotopic (exact) mass is 208 g/mol. The fourth-order valence-electron chi connectivity index (χ4n) is 1.10. The third-order valence-electron chi connectivity index (χ3n) is 1.77. The maximum absolute atomic E-state index is 8.57. The smallest absolute Gasteiger partial charge is 0.0932 e. The van der Waals surface area contributed by atoms with Gasteiger partial charge in [0.25, 0.3) is 0 Å². The van der Waals surface area contributed by atoms with Gasteiger partial charge in [0.15, 0.2) is 0 Å². The summed E-state index contributed by atoms with van der Waals surface area (Å²) in [6, 6.07) is 0. The van der Waals surface area contributed by atoms with Gasteiger partial charge in [0.05, 0.1) is 25.7 Å². The molecule has 0 spiro atoms. The van der Waals surface area contributed by atoms with Gasteiger partial charge in [0.2, 0.25) is 0 Å². The molecule has 0 aliphatic rings. The van der Waals surface area contributed by atoms with Crippen LogP contribution in [-0.4, -0.2) is 60.7 Å². The molecule has 0 radical (unpaired) electrons. The zero-order chi connectivity index (χ0) is 10.9. The van der Waals surface area contributed by atoms with Gasteiger partial charge in [-0.25, -0.2) is 0 Å². The first kappa shape index (κ1) is 13.7. The molecule has 0 heterocycles. The van der Waals surface area contributed by atoms with E-state index >= 15 is 0 Å². The van der Waals surface area contributed by atoms with Crippen LogP contribution in [0.3, 0.4) is 0 Å². The summed E-state index contributed by atoms with van der Waals surface area (Å²) in [6.45, 7) is 0.669. The van der Waals surface area contributed by atoms with E-state index in [1.54, 1.807) is 0 Å². The molecule has 7 nitrogen and oxygen atoms in total. The van der Waals surface area contributed by atoms with Crippen LogP contribution in [0, 0.1) is 0 Å². The van der Waals surface area contributed by atoms with Gasteiger partial charge < -0.3 is 21.1 Å². The highest BCUT2D eigenvalue weighted by Crippen LogP contribution is 1.95. The molecule has 0 aromatic heterocycles. The molecule has 0 rings (SSSR count). The van der Waals surface area contributed by atoms with Crippen molar-refractivity contribution in [2.75, 3.05) is 39.8 Å². The molecule has 0 aromatic rings. The number of hydrogen-bond acceptors (Lipinski definition) is 7. The summed E-state index contributed by atoms with van der Waals surface area (Å²) in [4.78, 5) is 0. The second-order valence-electron chi connectivity index (χ2n) is 3.12. The lowest BCUT2D eigenvalue weighted by Crippen LogP contribution is -2.61. The Morgan fingerprint density at radius 1 is 0.786 bits per heavy atom. The fourth-order valence-corrected chi connectivity index (χ4v) is 1.10. The first-order valence-electron chi connectivity index (χ1n) is 4.42. The van der Waals surface area contributed by atoms with Crippen molar-refractivity contribution in [3.63, 3.8) is 0 Å². The summed E-state index contributed by atoms with van der Waals surface area (Å²) >= 11 is 0. The number of hydrogen-bond donors (Lipinski definition) is 7. The summed E-state index contributed by atoms with van der Waals surface area (Å²) < 4.78 is 0. The topological polar surface area (TPSA) is 123 Å². The third kappa shape index (κ3) is 6.22. The third-order valence-corrected chi connectivity index (χ3v) is 1.77. The highest BCUT2D eigenvalue weighted by molar-refractivity contribution is 4.90. The molecule has 0 aliphatic carbocycles.